The molecule has 8 heteroatoms. The minimum absolute atomic E-state index is 0.00768. The van der Waals surface area contributed by atoms with Gasteiger partial charge in [0, 0.05) is 11.6 Å². The quantitative estimate of drug-likeness (QED) is 0.261. The number of rotatable bonds is 5. The molecule has 0 aliphatic heterocycles. The van der Waals surface area contributed by atoms with E-state index >= 15 is 0 Å². The number of nitrogens with one attached hydrogen (secondary N) is 3. The number of H-pyrrole nitrogens is 2. The first kappa shape index (κ1) is 17.9. The molecule has 30 heavy (non-hydrogen) atoms. The van der Waals surface area contributed by atoms with E-state index in [4.69, 9.17) is 15.9 Å². The van der Waals surface area contributed by atoms with E-state index in [-0.39, 0.29) is 5.84 Å². The number of nitrogen functional groups attached to an aromatic ring is 1. The van der Waals surface area contributed by atoms with Crippen LogP contribution >= 0.6 is 0 Å². The van der Waals surface area contributed by atoms with Crippen molar-refractivity contribution in [1.82, 2.24) is 19.9 Å². The molecule has 148 valence electrons. The summed E-state index contributed by atoms with van der Waals surface area (Å²) in [6.07, 6.45) is 0.394. The summed E-state index contributed by atoms with van der Waals surface area (Å²) in [5.41, 5.74) is 8.81. The van der Waals surface area contributed by atoms with Crippen LogP contribution < -0.4 is 10.5 Å². The standard InChI is InChI=1S/C22H17FN6O/c23-13-9-17-21(18(10-13)30-14-4-2-1-3-5-14)29-20(28-17)11-19-26-15-7-6-12(22(24)25)8-16(15)27-19/h1-10H,11H2,(H3,24,25)(H,26,27)(H,28,29). The van der Waals surface area contributed by atoms with E-state index in [1.54, 1.807) is 24.3 Å². The molecule has 0 fully saturated rings. The van der Waals surface area contributed by atoms with Crippen molar-refractivity contribution in [2.45, 2.75) is 6.42 Å². The van der Waals surface area contributed by atoms with Crippen LogP contribution in [0.2, 0.25) is 0 Å². The number of hydrogen-bond donors (Lipinski definition) is 4. The zero-order valence-electron chi connectivity index (χ0n) is 15.7. The number of aromatic amines is 2. The van der Waals surface area contributed by atoms with Crippen molar-refractivity contribution >= 4 is 27.9 Å². The van der Waals surface area contributed by atoms with Crippen LogP contribution in [-0.4, -0.2) is 25.8 Å². The number of para-hydroxylation sites is 1. The average Bonchev–Trinajstić information content (AvgIpc) is 3.31. The molecule has 5 aromatic rings. The maximum atomic E-state index is 14.1. The number of halogens is 1. The number of imidazole rings is 2. The summed E-state index contributed by atoms with van der Waals surface area (Å²) in [5.74, 6) is 1.84. The summed E-state index contributed by atoms with van der Waals surface area (Å²) in [7, 11) is 0. The molecule has 5 rings (SSSR count). The van der Waals surface area contributed by atoms with Crippen molar-refractivity contribution < 1.29 is 9.13 Å². The van der Waals surface area contributed by atoms with Crippen LogP contribution in [0.25, 0.3) is 22.1 Å². The molecule has 0 amide bonds. The number of aromatic nitrogens is 4. The Morgan fingerprint density at radius 3 is 2.53 bits per heavy atom. The highest BCUT2D eigenvalue weighted by molar-refractivity contribution is 5.97. The smallest absolute Gasteiger partial charge is 0.158 e. The number of fused-ring (bicyclic) bond motifs is 2. The number of nitrogens with zero attached hydrogens (tertiary/aromatic N) is 2. The summed E-state index contributed by atoms with van der Waals surface area (Å²) in [5, 5.41) is 7.56. The van der Waals surface area contributed by atoms with E-state index in [0.717, 1.165) is 5.52 Å². The molecular weight excluding hydrogens is 383 g/mol. The van der Waals surface area contributed by atoms with Gasteiger partial charge in [-0.3, -0.25) is 5.41 Å². The third-order valence-electron chi connectivity index (χ3n) is 4.71. The van der Waals surface area contributed by atoms with Gasteiger partial charge in [-0.25, -0.2) is 14.4 Å². The predicted molar refractivity (Wildman–Crippen MR) is 112 cm³/mol. The number of hydrogen-bond acceptors (Lipinski definition) is 4. The molecule has 0 bridgehead atoms. The Kier molecular flexibility index (Phi) is 4.17. The highest BCUT2D eigenvalue weighted by Crippen LogP contribution is 2.30. The molecule has 0 spiro atoms. The molecule has 0 atom stereocenters. The lowest BCUT2D eigenvalue weighted by molar-refractivity contribution is 0.482. The zero-order valence-corrected chi connectivity index (χ0v) is 15.7. The lowest BCUT2D eigenvalue weighted by Gasteiger charge is -2.06. The Balaban J connectivity index is 1.48. The SMILES string of the molecule is N=C(N)c1ccc2[nH]c(Cc3nc4c(Oc5ccccc5)cc(F)cc4[nH]3)nc2c1. The normalized spacial score (nSPS) is 11.2. The fourth-order valence-corrected chi connectivity index (χ4v) is 3.35. The monoisotopic (exact) mass is 400 g/mol. The van der Waals surface area contributed by atoms with Crippen LogP contribution in [0, 0.1) is 11.2 Å². The maximum absolute atomic E-state index is 14.1. The second-order valence-corrected chi connectivity index (χ2v) is 6.90. The van der Waals surface area contributed by atoms with E-state index in [1.165, 1.54) is 12.1 Å². The minimum atomic E-state index is -0.413. The second kappa shape index (κ2) is 7.00. The molecule has 7 nitrogen and oxygen atoms in total. The lowest BCUT2D eigenvalue weighted by Crippen LogP contribution is -2.10. The molecule has 0 aliphatic carbocycles. The highest BCUT2D eigenvalue weighted by Gasteiger charge is 2.14. The van der Waals surface area contributed by atoms with Crippen LogP contribution in [0.5, 0.6) is 11.5 Å². The summed E-state index contributed by atoms with van der Waals surface area (Å²) in [4.78, 5) is 15.5. The van der Waals surface area contributed by atoms with Crippen molar-refractivity contribution in [3.05, 3.63) is 83.7 Å². The summed E-state index contributed by atoms with van der Waals surface area (Å²) in [6, 6.07) is 17.3. The van der Waals surface area contributed by atoms with Crippen LogP contribution in [0.4, 0.5) is 4.39 Å². The van der Waals surface area contributed by atoms with Gasteiger partial charge in [-0.15, -0.1) is 0 Å². The number of benzene rings is 3. The highest BCUT2D eigenvalue weighted by atomic mass is 19.1. The molecule has 0 aliphatic rings. The van der Waals surface area contributed by atoms with Gasteiger partial charge in [-0.2, -0.15) is 0 Å². The van der Waals surface area contributed by atoms with E-state index in [9.17, 15) is 4.39 Å². The van der Waals surface area contributed by atoms with Gasteiger partial charge < -0.3 is 20.4 Å². The Bertz CT molecular complexity index is 1390. The molecule has 2 heterocycles. The molecular formula is C22H17FN6O. The Morgan fingerprint density at radius 2 is 1.73 bits per heavy atom. The van der Waals surface area contributed by atoms with E-state index in [0.29, 0.717) is 51.7 Å². The van der Waals surface area contributed by atoms with Gasteiger partial charge in [0.25, 0.3) is 0 Å². The Morgan fingerprint density at radius 1 is 0.967 bits per heavy atom. The van der Waals surface area contributed by atoms with E-state index in [2.05, 4.69) is 19.9 Å². The summed E-state index contributed by atoms with van der Waals surface area (Å²) < 4.78 is 19.9. The molecule has 5 N–H and O–H groups in total. The van der Waals surface area contributed by atoms with Crippen molar-refractivity contribution in [2.24, 2.45) is 5.73 Å². The van der Waals surface area contributed by atoms with E-state index < -0.39 is 5.82 Å². The van der Waals surface area contributed by atoms with Gasteiger partial charge in [-0.05, 0) is 36.4 Å². The molecule has 0 saturated carbocycles. The summed E-state index contributed by atoms with van der Waals surface area (Å²) in [6.45, 7) is 0. The van der Waals surface area contributed by atoms with Crippen molar-refractivity contribution in [3.63, 3.8) is 0 Å². The van der Waals surface area contributed by atoms with Gasteiger partial charge in [0.15, 0.2) is 5.75 Å². The maximum Gasteiger partial charge on any atom is 0.158 e. The molecule has 0 radical (unpaired) electrons. The second-order valence-electron chi connectivity index (χ2n) is 6.90. The fraction of sp³-hybridized carbons (Fsp3) is 0.0455. The van der Waals surface area contributed by atoms with Crippen LogP contribution in [0.15, 0.2) is 60.7 Å². The summed E-state index contributed by atoms with van der Waals surface area (Å²) >= 11 is 0. The number of ether oxygens (including phenoxy) is 1. The molecule has 3 aromatic carbocycles. The van der Waals surface area contributed by atoms with Crippen LogP contribution in [0.3, 0.4) is 0 Å². The average molecular weight is 400 g/mol. The molecule has 2 aromatic heterocycles. The zero-order chi connectivity index (χ0) is 20.7. The van der Waals surface area contributed by atoms with Gasteiger partial charge >= 0.3 is 0 Å². The first-order valence-electron chi connectivity index (χ1n) is 9.29. The van der Waals surface area contributed by atoms with Gasteiger partial charge in [0.2, 0.25) is 0 Å². The van der Waals surface area contributed by atoms with Crippen molar-refractivity contribution in [2.75, 3.05) is 0 Å². The predicted octanol–water partition coefficient (Wildman–Crippen LogP) is 4.25. The van der Waals surface area contributed by atoms with Crippen molar-refractivity contribution in [3.8, 4) is 11.5 Å². The van der Waals surface area contributed by atoms with Crippen molar-refractivity contribution in [1.29, 1.82) is 5.41 Å². The third kappa shape index (κ3) is 3.35. The van der Waals surface area contributed by atoms with Gasteiger partial charge in [0.05, 0.1) is 23.0 Å². The van der Waals surface area contributed by atoms with Gasteiger partial charge in [-0.1, -0.05) is 18.2 Å². The minimum Gasteiger partial charge on any atom is -0.455 e. The van der Waals surface area contributed by atoms with Crippen LogP contribution in [0.1, 0.15) is 17.2 Å². The number of amidine groups is 1. The first-order chi connectivity index (χ1) is 14.5. The number of nitrogens with two attached hydrogens (primary N) is 1. The largest absolute Gasteiger partial charge is 0.455 e. The van der Waals surface area contributed by atoms with Crippen LogP contribution in [-0.2, 0) is 6.42 Å². The molecule has 0 saturated heterocycles. The fourth-order valence-electron chi connectivity index (χ4n) is 3.35. The third-order valence-corrected chi connectivity index (χ3v) is 4.71. The van der Waals surface area contributed by atoms with E-state index in [1.807, 2.05) is 24.3 Å². The first-order valence-corrected chi connectivity index (χ1v) is 9.29. The Hall–Kier alpha value is -4.20. The Labute approximate surface area is 170 Å². The topological polar surface area (TPSA) is 116 Å². The lowest BCUT2D eigenvalue weighted by atomic mass is 10.2. The molecule has 0 unspecified atom stereocenters. The van der Waals surface area contributed by atoms with Gasteiger partial charge in [0.1, 0.15) is 34.6 Å².